The fraction of sp³-hybridized carbons (Fsp3) is 1.00. The lowest BCUT2D eigenvalue weighted by Crippen LogP contribution is -2.48. The number of alkyl halides is 1. The van der Waals surface area contributed by atoms with E-state index in [0.717, 1.165) is 12.8 Å². The molecule has 0 aromatic rings. The van der Waals surface area contributed by atoms with Crippen LogP contribution in [0.3, 0.4) is 0 Å². The predicted octanol–water partition coefficient (Wildman–Crippen LogP) is 3.96. The summed E-state index contributed by atoms with van der Waals surface area (Å²) in [5.41, 5.74) is 4.71. The quantitative estimate of drug-likeness (QED) is 0.609. The fourth-order valence-corrected chi connectivity index (χ4v) is 2.48. The minimum atomic E-state index is -0.886. The van der Waals surface area contributed by atoms with Gasteiger partial charge < -0.3 is 5.73 Å². The van der Waals surface area contributed by atoms with Crippen LogP contribution in [0.2, 0.25) is 0 Å². The zero-order valence-corrected chi connectivity index (χ0v) is 10.1. The van der Waals surface area contributed by atoms with Gasteiger partial charge in [-0.2, -0.15) is 0 Å². The van der Waals surface area contributed by atoms with Crippen LogP contribution in [0.15, 0.2) is 0 Å². The summed E-state index contributed by atoms with van der Waals surface area (Å²) < 4.78 is 13.7. The molecule has 1 aliphatic carbocycles. The molecule has 1 saturated carbocycles. The molecular weight excluding hydrogens is 189 g/mol. The van der Waals surface area contributed by atoms with Crippen molar-refractivity contribution in [1.82, 2.24) is 0 Å². The minimum absolute atomic E-state index is 0.138. The Bertz CT molecular complexity index is 164. The van der Waals surface area contributed by atoms with Gasteiger partial charge in [0, 0.05) is 6.04 Å². The summed E-state index contributed by atoms with van der Waals surface area (Å²) in [6.07, 6.45) is 10.8. The van der Waals surface area contributed by atoms with Gasteiger partial charge in [-0.1, -0.05) is 51.9 Å². The van der Waals surface area contributed by atoms with Crippen molar-refractivity contribution in [2.24, 2.45) is 5.73 Å². The van der Waals surface area contributed by atoms with Gasteiger partial charge in [0.05, 0.1) is 0 Å². The van der Waals surface area contributed by atoms with Crippen LogP contribution in [0.4, 0.5) is 4.39 Å². The van der Waals surface area contributed by atoms with Gasteiger partial charge in [-0.3, -0.25) is 0 Å². The van der Waals surface area contributed by atoms with Crippen LogP contribution < -0.4 is 5.73 Å². The topological polar surface area (TPSA) is 26.0 Å². The van der Waals surface area contributed by atoms with Gasteiger partial charge in [0.15, 0.2) is 0 Å². The number of hydrogen-bond acceptors (Lipinski definition) is 1. The Hall–Kier alpha value is -0.110. The highest BCUT2D eigenvalue weighted by Gasteiger charge is 2.41. The Balaban J connectivity index is 1.85. The number of halogens is 1. The molecule has 0 atom stereocenters. The Morgan fingerprint density at radius 2 is 1.60 bits per heavy atom. The maximum absolute atomic E-state index is 13.7. The first kappa shape index (κ1) is 13.0. The van der Waals surface area contributed by atoms with Gasteiger partial charge in [-0.25, -0.2) is 4.39 Å². The molecule has 0 spiro atoms. The van der Waals surface area contributed by atoms with Gasteiger partial charge in [0.1, 0.15) is 5.67 Å². The third-order valence-electron chi connectivity index (χ3n) is 3.48. The van der Waals surface area contributed by atoms with Crippen LogP contribution in [-0.4, -0.2) is 11.7 Å². The fourth-order valence-electron chi connectivity index (χ4n) is 2.48. The van der Waals surface area contributed by atoms with Crippen molar-refractivity contribution < 1.29 is 4.39 Å². The Labute approximate surface area is 93.6 Å². The first-order chi connectivity index (χ1) is 7.16. The Morgan fingerprint density at radius 1 is 1.07 bits per heavy atom. The van der Waals surface area contributed by atoms with Gasteiger partial charge in [-0.15, -0.1) is 0 Å². The van der Waals surface area contributed by atoms with Crippen LogP contribution in [0.5, 0.6) is 0 Å². The highest BCUT2D eigenvalue weighted by molar-refractivity contribution is 4.96. The van der Waals surface area contributed by atoms with Gasteiger partial charge in [0.2, 0.25) is 0 Å². The summed E-state index contributed by atoms with van der Waals surface area (Å²) in [6, 6.07) is 0.138. The maximum Gasteiger partial charge on any atom is 0.114 e. The molecule has 0 aliphatic heterocycles. The van der Waals surface area contributed by atoms with Crippen molar-refractivity contribution in [3.63, 3.8) is 0 Å². The highest BCUT2D eigenvalue weighted by Crippen LogP contribution is 2.39. The number of rotatable bonds is 8. The molecule has 0 aromatic heterocycles. The molecule has 2 heteroatoms. The monoisotopic (exact) mass is 215 g/mol. The second-order valence-corrected chi connectivity index (χ2v) is 5.19. The Morgan fingerprint density at radius 3 is 2.13 bits per heavy atom. The van der Waals surface area contributed by atoms with E-state index in [2.05, 4.69) is 6.92 Å². The van der Waals surface area contributed by atoms with E-state index in [1.165, 1.54) is 38.5 Å². The SMILES string of the molecule is CCCCCCCCCC1(F)CC(N)C1. The van der Waals surface area contributed by atoms with Crippen molar-refractivity contribution >= 4 is 0 Å². The second-order valence-electron chi connectivity index (χ2n) is 5.19. The molecule has 1 fully saturated rings. The molecule has 0 amide bonds. The number of nitrogens with two attached hydrogens (primary N) is 1. The lowest BCUT2D eigenvalue weighted by Gasteiger charge is -2.39. The molecule has 2 N–H and O–H groups in total. The summed E-state index contributed by atoms with van der Waals surface area (Å²) in [5, 5.41) is 0. The molecule has 15 heavy (non-hydrogen) atoms. The van der Waals surface area contributed by atoms with Crippen LogP contribution >= 0.6 is 0 Å². The molecule has 1 aliphatic rings. The third-order valence-corrected chi connectivity index (χ3v) is 3.48. The smallest absolute Gasteiger partial charge is 0.114 e. The average molecular weight is 215 g/mol. The van der Waals surface area contributed by atoms with Crippen LogP contribution in [-0.2, 0) is 0 Å². The molecule has 0 aromatic carbocycles. The van der Waals surface area contributed by atoms with Gasteiger partial charge >= 0.3 is 0 Å². The van der Waals surface area contributed by atoms with E-state index >= 15 is 0 Å². The largest absolute Gasteiger partial charge is 0.327 e. The van der Waals surface area contributed by atoms with Crippen LogP contribution in [0.25, 0.3) is 0 Å². The molecule has 0 unspecified atom stereocenters. The van der Waals surface area contributed by atoms with E-state index in [4.69, 9.17) is 5.73 Å². The summed E-state index contributed by atoms with van der Waals surface area (Å²) in [7, 11) is 0. The molecule has 1 nitrogen and oxygen atoms in total. The highest BCUT2D eigenvalue weighted by atomic mass is 19.1. The molecule has 0 radical (unpaired) electrons. The summed E-state index contributed by atoms with van der Waals surface area (Å²) in [4.78, 5) is 0. The van der Waals surface area contributed by atoms with E-state index in [-0.39, 0.29) is 6.04 Å². The van der Waals surface area contributed by atoms with Gasteiger partial charge in [-0.05, 0) is 19.3 Å². The van der Waals surface area contributed by atoms with E-state index in [1.54, 1.807) is 0 Å². The van der Waals surface area contributed by atoms with Crippen LogP contribution in [0.1, 0.15) is 71.1 Å². The molecule has 0 bridgehead atoms. The lowest BCUT2D eigenvalue weighted by atomic mass is 9.75. The lowest BCUT2D eigenvalue weighted by molar-refractivity contribution is 0.0324. The summed E-state index contributed by atoms with van der Waals surface area (Å²) in [5.74, 6) is 0. The third kappa shape index (κ3) is 4.96. The average Bonchev–Trinajstić information content (AvgIpc) is 2.14. The van der Waals surface area contributed by atoms with E-state index in [1.807, 2.05) is 0 Å². The van der Waals surface area contributed by atoms with Crippen molar-refractivity contribution in [2.75, 3.05) is 0 Å². The first-order valence-electron chi connectivity index (χ1n) is 6.61. The van der Waals surface area contributed by atoms with Gasteiger partial charge in [0.25, 0.3) is 0 Å². The van der Waals surface area contributed by atoms with Crippen molar-refractivity contribution in [3.05, 3.63) is 0 Å². The summed E-state index contributed by atoms with van der Waals surface area (Å²) in [6.45, 7) is 2.23. The summed E-state index contributed by atoms with van der Waals surface area (Å²) >= 11 is 0. The predicted molar refractivity (Wildman–Crippen MR) is 63.7 cm³/mol. The minimum Gasteiger partial charge on any atom is -0.327 e. The zero-order valence-electron chi connectivity index (χ0n) is 10.1. The zero-order chi connectivity index (χ0) is 11.1. The Kier molecular flexibility index (Phi) is 5.59. The van der Waals surface area contributed by atoms with Crippen molar-refractivity contribution in [3.8, 4) is 0 Å². The first-order valence-corrected chi connectivity index (χ1v) is 6.61. The van der Waals surface area contributed by atoms with E-state index in [9.17, 15) is 4.39 Å². The van der Waals surface area contributed by atoms with Crippen molar-refractivity contribution in [2.45, 2.75) is 82.8 Å². The molecule has 1 rings (SSSR count). The molecule has 0 saturated heterocycles. The van der Waals surface area contributed by atoms with Crippen molar-refractivity contribution in [1.29, 1.82) is 0 Å². The van der Waals surface area contributed by atoms with Crippen LogP contribution in [0, 0.1) is 0 Å². The second kappa shape index (κ2) is 6.47. The van der Waals surface area contributed by atoms with E-state index in [0.29, 0.717) is 12.8 Å². The molecule has 0 heterocycles. The molecular formula is C13H26FN. The van der Waals surface area contributed by atoms with E-state index < -0.39 is 5.67 Å². The number of hydrogen-bond donors (Lipinski definition) is 1. The normalized spacial score (nSPS) is 30.2. The molecule has 90 valence electrons. The standard InChI is InChI=1S/C13H26FN/c1-2-3-4-5-6-7-8-9-13(14)10-12(15)11-13/h12H,2-11,15H2,1H3. The maximum atomic E-state index is 13.7. The number of unbranched alkanes of at least 4 members (excludes halogenated alkanes) is 6.